The van der Waals surface area contributed by atoms with Crippen molar-refractivity contribution >= 4 is 23.4 Å². The molecule has 0 amide bonds. The number of nitrogen functional groups attached to an aromatic ring is 1. The Kier molecular flexibility index (Phi) is 5.72. The molecule has 0 aliphatic heterocycles. The van der Waals surface area contributed by atoms with Gasteiger partial charge in [-0.05, 0) is 25.0 Å². The summed E-state index contributed by atoms with van der Waals surface area (Å²) in [6.07, 6.45) is 10.2. The number of thioether (sulfide) groups is 1. The van der Waals surface area contributed by atoms with Crippen molar-refractivity contribution in [2.45, 2.75) is 43.7 Å². The van der Waals surface area contributed by atoms with Gasteiger partial charge in [0.15, 0.2) is 5.16 Å². The average molecular weight is 281 g/mol. The molecule has 2 rings (SSSR count). The average Bonchev–Trinajstić information content (AvgIpc) is 2.96. The van der Waals surface area contributed by atoms with Crippen LogP contribution in [0.4, 0.5) is 11.6 Å². The summed E-state index contributed by atoms with van der Waals surface area (Å²) in [6, 6.07) is 1.84. The zero-order valence-corrected chi connectivity index (χ0v) is 12.3. The summed E-state index contributed by atoms with van der Waals surface area (Å²) in [5.41, 5.74) is 2.57. The molecule has 0 atom stereocenters. The minimum absolute atomic E-state index is 0.651. The maximum Gasteiger partial charge on any atom is 0.191 e. The van der Waals surface area contributed by atoms with Crippen LogP contribution >= 0.6 is 11.8 Å². The SMILES string of the molecule is CSc1nc(NN)cc(NCCCC2CCCC2)n1. The van der Waals surface area contributed by atoms with Gasteiger partial charge in [-0.1, -0.05) is 37.4 Å². The second-order valence-electron chi connectivity index (χ2n) is 4.99. The summed E-state index contributed by atoms with van der Waals surface area (Å²) in [7, 11) is 0. The Morgan fingerprint density at radius 3 is 2.74 bits per heavy atom. The molecule has 1 heterocycles. The van der Waals surface area contributed by atoms with Crippen molar-refractivity contribution in [1.82, 2.24) is 9.97 Å². The molecular weight excluding hydrogens is 258 g/mol. The smallest absolute Gasteiger partial charge is 0.191 e. The van der Waals surface area contributed by atoms with Gasteiger partial charge in [-0.25, -0.2) is 15.8 Å². The summed E-state index contributed by atoms with van der Waals surface area (Å²) in [5.74, 6) is 7.85. The molecule has 1 fully saturated rings. The van der Waals surface area contributed by atoms with Gasteiger partial charge in [0.25, 0.3) is 0 Å². The van der Waals surface area contributed by atoms with Crippen LogP contribution in [0.3, 0.4) is 0 Å². The molecule has 6 heteroatoms. The maximum atomic E-state index is 5.40. The summed E-state index contributed by atoms with van der Waals surface area (Å²) in [6.45, 7) is 0.964. The van der Waals surface area contributed by atoms with E-state index in [4.69, 9.17) is 5.84 Å². The van der Waals surface area contributed by atoms with Gasteiger partial charge in [0.2, 0.25) is 0 Å². The fourth-order valence-corrected chi connectivity index (χ4v) is 2.97. The number of aromatic nitrogens is 2. The fraction of sp³-hybridized carbons (Fsp3) is 0.692. The van der Waals surface area contributed by atoms with Crippen LogP contribution in [-0.4, -0.2) is 22.8 Å². The van der Waals surface area contributed by atoms with E-state index >= 15 is 0 Å². The first kappa shape index (κ1) is 14.4. The molecule has 19 heavy (non-hydrogen) atoms. The third-order valence-corrected chi connectivity index (χ3v) is 4.15. The zero-order chi connectivity index (χ0) is 13.5. The molecular formula is C13H23N5S. The third kappa shape index (κ3) is 4.54. The van der Waals surface area contributed by atoms with Crippen LogP contribution in [0.5, 0.6) is 0 Å². The van der Waals surface area contributed by atoms with Crippen molar-refractivity contribution < 1.29 is 0 Å². The predicted molar refractivity (Wildman–Crippen MR) is 81.3 cm³/mol. The first-order valence-corrected chi connectivity index (χ1v) is 8.18. The molecule has 0 saturated heterocycles. The molecule has 1 aromatic rings. The van der Waals surface area contributed by atoms with Crippen LogP contribution in [0, 0.1) is 5.92 Å². The van der Waals surface area contributed by atoms with E-state index in [1.807, 2.05) is 12.3 Å². The predicted octanol–water partition coefficient (Wildman–Crippen LogP) is 2.87. The lowest BCUT2D eigenvalue weighted by Gasteiger charge is -2.11. The van der Waals surface area contributed by atoms with E-state index in [2.05, 4.69) is 20.7 Å². The van der Waals surface area contributed by atoms with Gasteiger partial charge in [-0.15, -0.1) is 0 Å². The van der Waals surface area contributed by atoms with Gasteiger partial charge >= 0.3 is 0 Å². The Bertz CT molecular complexity index is 370. The number of nitrogens with two attached hydrogens (primary N) is 1. The molecule has 1 saturated carbocycles. The van der Waals surface area contributed by atoms with Gasteiger partial charge < -0.3 is 10.7 Å². The van der Waals surface area contributed by atoms with Crippen molar-refractivity contribution in [2.75, 3.05) is 23.5 Å². The van der Waals surface area contributed by atoms with Crippen molar-refractivity contribution in [1.29, 1.82) is 0 Å². The molecule has 1 aliphatic carbocycles. The second-order valence-corrected chi connectivity index (χ2v) is 5.76. The number of hydrazine groups is 1. The molecule has 4 N–H and O–H groups in total. The standard InChI is InChI=1S/C13H23N5S/c1-19-13-16-11(9-12(17-13)18-14)15-8-4-7-10-5-2-3-6-10/h9-10H,2-8,14H2,1H3,(H2,15,16,17,18). The van der Waals surface area contributed by atoms with Gasteiger partial charge in [0, 0.05) is 12.6 Å². The largest absolute Gasteiger partial charge is 0.370 e. The van der Waals surface area contributed by atoms with E-state index in [1.165, 1.54) is 50.3 Å². The van der Waals surface area contributed by atoms with Crippen LogP contribution in [0.15, 0.2) is 11.2 Å². The molecule has 0 unspecified atom stereocenters. The number of hydrogen-bond donors (Lipinski definition) is 3. The summed E-state index contributed by atoms with van der Waals surface area (Å²) in [4.78, 5) is 8.65. The van der Waals surface area contributed by atoms with Gasteiger partial charge in [0.1, 0.15) is 11.6 Å². The normalized spacial score (nSPS) is 15.7. The van der Waals surface area contributed by atoms with Crippen molar-refractivity contribution in [2.24, 2.45) is 11.8 Å². The second kappa shape index (κ2) is 7.55. The number of anilines is 2. The topological polar surface area (TPSA) is 75.9 Å². The highest BCUT2D eigenvalue weighted by Crippen LogP contribution is 2.28. The highest BCUT2D eigenvalue weighted by molar-refractivity contribution is 7.98. The molecule has 1 aliphatic rings. The van der Waals surface area contributed by atoms with E-state index in [-0.39, 0.29) is 0 Å². The van der Waals surface area contributed by atoms with Crippen LogP contribution in [0.2, 0.25) is 0 Å². The molecule has 0 radical (unpaired) electrons. The molecule has 5 nitrogen and oxygen atoms in total. The number of hydrogen-bond acceptors (Lipinski definition) is 6. The Morgan fingerprint density at radius 2 is 2.05 bits per heavy atom. The Balaban J connectivity index is 1.77. The van der Waals surface area contributed by atoms with Crippen LogP contribution in [0.1, 0.15) is 38.5 Å². The van der Waals surface area contributed by atoms with E-state index in [9.17, 15) is 0 Å². The Morgan fingerprint density at radius 1 is 1.32 bits per heavy atom. The van der Waals surface area contributed by atoms with E-state index in [1.54, 1.807) is 0 Å². The Hall–Kier alpha value is -1.01. The maximum absolute atomic E-state index is 5.40. The van der Waals surface area contributed by atoms with Crippen molar-refractivity contribution in [3.05, 3.63) is 6.07 Å². The van der Waals surface area contributed by atoms with E-state index in [0.29, 0.717) is 5.82 Å². The highest BCUT2D eigenvalue weighted by Gasteiger charge is 2.14. The lowest BCUT2D eigenvalue weighted by atomic mass is 10.0. The summed E-state index contributed by atoms with van der Waals surface area (Å²) in [5, 5.41) is 4.09. The Labute approximate surface area is 119 Å². The molecule has 0 aromatic carbocycles. The molecule has 0 bridgehead atoms. The molecule has 1 aromatic heterocycles. The number of nitrogens with zero attached hydrogens (tertiary/aromatic N) is 2. The van der Waals surface area contributed by atoms with Gasteiger partial charge in [0.05, 0.1) is 0 Å². The first-order valence-electron chi connectivity index (χ1n) is 6.95. The van der Waals surface area contributed by atoms with Crippen molar-refractivity contribution in [3.8, 4) is 0 Å². The third-order valence-electron chi connectivity index (χ3n) is 3.61. The highest BCUT2D eigenvalue weighted by atomic mass is 32.2. The minimum Gasteiger partial charge on any atom is -0.370 e. The van der Waals surface area contributed by atoms with Crippen molar-refractivity contribution in [3.63, 3.8) is 0 Å². The number of rotatable bonds is 7. The lowest BCUT2D eigenvalue weighted by molar-refractivity contribution is 0.491. The monoisotopic (exact) mass is 281 g/mol. The zero-order valence-electron chi connectivity index (χ0n) is 11.5. The first-order chi connectivity index (χ1) is 9.31. The van der Waals surface area contributed by atoms with Crippen LogP contribution < -0.4 is 16.6 Å². The molecule has 106 valence electrons. The van der Waals surface area contributed by atoms with E-state index in [0.717, 1.165) is 23.4 Å². The van der Waals surface area contributed by atoms with Gasteiger partial charge in [-0.3, -0.25) is 0 Å². The minimum atomic E-state index is 0.651. The van der Waals surface area contributed by atoms with E-state index < -0.39 is 0 Å². The molecule has 0 spiro atoms. The van der Waals surface area contributed by atoms with Gasteiger partial charge in [-0.2, -0.15) is 0 Å². The quantitative estimate of drug-likeness (QED) is 0.235. The lowest BCUT2D eigenvalue weighted by Crippen LogP contribution is -2.11. The fourth-order valence-electron chi connectivity index (χ4n) is 2.59. The summed E-state index contributed by atoms with van der Waals surface area (Å²) >= 11 is 1.51. The summed E-state index contributed by atoms with van der Waals surface area (Å²) < 4.78 is 0. The van der Waals surface area contributed by atoms with Crippen LogP contribution in [0.25, 0.3) is 0 Å². The number of nitrogens with one attached hydrogen (secondary N) is 2. The van der Waals surface area contributed by atoms with Crippen LogP contribution in [-0.2, 0) is 0 Å².